The third-order valence-corrected chi connectivity index (χ3v) is 6.60. The fourth-order valence-corrected chi connectivity index (χ4v) is 5.21. The SMILES string of the molecule is C/C=C/c1ccc([C@@H]2[C@H](CO)N(Cc3cccc(F)c3)C23CN(C(=O)CC)C3)cc1. The highest BCUT2D eigenvalue weighted by atomic mass is 19.1. The van der Waals surface area contributed by atoms with Crippen molar-refractivity contribution in [2.75, 3.05) is 19.7 Å². The van der Waals surface area contributed by atoms with Gasteiger partial charge in [-0.3, -0.25) is 9.69 Å². The molecular formula is C25H29FN2O2. The molecule has 4 rings (SSSR count). The molecule has 1 spiro atoms. The standard InChI is InChI=1S/C25H29FN2O2/c1-3-6-18-9-11-20(12-10-18)24-22(15-29)28(14-19-7-5-8-21(26)13-19)25(24)16-27(17-25)23(30)4-2/h3,5-13,22,24,29H,4,14-17H2,1-2H3/b6-3+/t22-,24+/m0/s1. The van der Waals surface area contributed by atoms with E-state index in [4.69, 9.17) is 0 Å². The Morgan fingerprint density at radius 2 is 1.97 bits per heavy atom. The van der Waals surface area contributed by atoms with Crippen molar-refractivity contribution in [3.8, 4) is 0 Å². The summed E-state index contributed by atoms with van der Waals surface area (Å²) in [6, 6.07) is 15.0. The van der Waals surface area contributed by atoms with E-state index < -0.39 is 0 Å². The number of aliphatic hydroxyl groups is 1. The van der Waals surface area contributed by atoms with Gasteiger partial charge in [-0.1, -0.05) is 55.5 Å². The zero-order chi connectivity index (χ0) is 21.3. The van der Waals surface area contributed by atoms with Gasteiger partial charge in [0.25, 0.3) is 0 Å². The lowest BCUT2D eigenvalue weighted by Gasteiger charge is -2.71. The second-order valence-corrected chi connectivity index (χ2v) is 8.36. The smallest absolute Gasteiger partial charge is 0.222 e. The molecule has 2 fully saturated rings. The topological polar surface area (TPSA) is 43.8 Å². The van der Waals surface area contributed by atoms with Gasteiger partial charge in [0.05, 0.1) is 12.1 Å². The van der Waals surface area contributed by atoms with E-state index in [0.717, 1.165) is 11.1 Å². The van der Waals surface area contributed by atoms with Crippen molar-refractivity contribution in [1.82, 2.24) is 9.80 Å². The number of carbonyl (C=O) groups excluding carboxylic acids is 1. The Morgan fingerprint density at radius 3 is 2.57 bits per heavy atom. The van der Waals surface area contributed by atoms with E-state index in [9.17, 15) is 14.3 Å². The second kappa shape index (κ2) is 8.32. The third kappa shape index (κ3) is 3.46. The van der Waals surface area contributed by atoms with Crippen LogP contribution in [0.25, 0.3) is 6.08 Å². The van der Waals surface area contributed by atoms with Gasteiger partial charge in [0.15, 0.2) is 0 Å². The summed E-state index contributed by atoms with van der Waals surface area (Å²) >= 11 is 0. The van der Waals surface area contributed by atoms with E-state index >= 15 is 0 Å². The number of allylic oxidation sites excluding steroid dienone is 1. The average molecular weight is 409 g/mol. The van der Waals surface area contributed by atoms with Crippen LogP contribution in [-0.2, 0) is 11.3 Å². The predicted molar refractivity (Wildman–Crippen MR) is 116 cm³/mol. The number of halogens is 1. The summed E-state index contributed by atoms with van der Waals surface area (Å²) < 4.78 is 13.7. The highest BCUT2D eigenvalue weighted by Gasteiger charge is 2.66. The molecule has 0 aliphatic carbocycles. The number of aliphatic hydroxyl groups excluding tert-OH is 1. The van der Waals surface area contributed by atoms with Gasteiger partial charge in [-0.25, -0.2) is 4.39 Å². The summed E-state index contributed by atoms with van der Waals surface area (Å²) in [4.78, 5) is 16.4. The first-order valence-electron chi connectivity index (χ1n) is 10.6. The molecule has 158 valence electrons. The van der Waals surface area contributed by atoms with Gasteiger partial charge in [0.2, 0.25) is 5.91 Å². The highest BCUT2D eigenvalue weighted by molar-refractivity contribution is 5.77. The van der Waals surface area contributed by atoms with Gasteiger partial charge in [-0.2, -0.15) is 0 Å². The van der Waals surface area contributed by atoms with E-state index in [1.165, 1.54) is 11.6 Å². The number of carbonyl (C=O) groups is 1. The van der Waals surface area contributed by atoms with Crippen molar-refractivity contribution in [2.24, 2.45) is 0 Å². The molecule has 0 radical (unpaired) electrons. The molecule has 30 heavy (non-hydrogen) atoms. The van der Waals surface area contributed by atoms with Crippen molar-refractivity contribution in [1.29, 1.82) is 0 Å². The molecule has 2 heterocycles. The van der Waals surface area contributed by atoms with Crippen LogP contribution in [0.2, 0.25) is 0 Å². The number of benzene rings is 2. The van der Waals surface area contributed by atoms with Gasteiger partial charge in [-0.05, 0) is 35.7 Å². The molecular weight excluding hydrogens is 379 g/mol. The number of hydrogen-bond acceptors (Lipinski definition) is 3. The molecule has 0 bridgehead atoms. The fourth-order valence-electron chi connectivity index (χ4n) is 5.21. The maximum Gasteiger partial charge on any atom is 0.222 e. The third-order valence-electron chi connectivity index (χ3n) is 6.60. The molecule has 5 heteroatoms. The number of likely N-dealkylation sites (tertiary alicyclic amines) is 2. The Hall–Kier alpha value is -2.50. The van der Waals surface area contributed by atoms with E-state index in [-0.39, 0.29) is 35.8 Å². The van der Waals surface area contributed by atoms with Crippen LogP contribution in [0.3, 0.4) is 0 Å². The molecule has 0 unspecified atom stereocenters. The zero-order valence-corrected chi connectivity index (χ0v) is 17.6. The predicted octanol–water partition coefficient (Wildman–Crippen LogP) is 3.81. The van der Waals surface area contributed by atoms with E-state index in [1.54, 1.807) is 12.1 Å². The second-order valence-electron chi connectivity index (χ2n) is 8.36. The lowest BCUT2D eigenvalue weighted by atomic mass is 9.60. The van der Waals surface area contributed by atoms with Crippen LogP contribution in [0, 0.1) is 5.82 Å². The molecule has 2 aliphatic heterocycles. The number of rotatable bonds is 6. The number of nitrogens with zero attached hydrogens (tertiary/aromatic N) is 2. The Balaban J connectivity index is 1.64. The molecule has 1 N–H and O–H groups in total. The van der Waals surface area contributed by atoms with Crippen molar-refractivity contribution in [3.63, 3.8) is 0 Å². The lowest BCUT2D eigenvalue weighted by Crippen LogP contribution is -2.84. The van der Waals surface area contributed by atoms with Crippen LogP contribution in [0.5, 0.6) is 0 Å². The van der Waals surface area contributed by atoms with E-state index in [2.05, 4.69) is 35.2 Å². The largest absolute Gasteiger partial charge is 0.395 e. The molecule has 2 aromatic carbocycles. The fraction of sp³-hybridized carbons (Fsp3) is 0.400. The minimum atomic E-state index is -0.255. The van der Waals surface area contributed by atoms with Crippen LogP contribution in [0.4, 0.5) is 4.39 Å². The summed E-state index contributed by atoms with van der Waals surface area (Å²) in [7, 11) is 0. The van der Waals surface area contributed by atoms with E-state index in [0.29, 0.717) is 26.1 Å². The summed E-state index contributed by atoms with van der Waals surface area (Å²) in [5.41, 5.74) is 2.99. The Bertz CT molecular complexity index is 934. The molecule has 2 aliphatic rings. The van der Waals surface area contributed by atoms with Crippen LogP contribution < -0.4 is 0 Å². The molecule has 0 saturated carbocycles. The van der Waals surface area contributed by atoms with Crippen LogP contribution in [-0.4, -0.2) is 52.1 Å². The highest BCUT2D eigenvalue weighted by Crippen LogP contribution is 2.54. The monoisotopic (exact) mass is 408 g/mol. The molecule has 2 saturated heterocycles. The zero-order valence-electron chi connectivity index (χ0n) is 17.6. The van der Waals surface area contributed by atoms with Gasteiger partial charge in [0, 0.05) is 38.0 Å². The summed E-state index contributed by atoms with van der Waals surface area (Å²) in [6.45, 7) is 5.76. The molecule has 0 aromatic heterocycles. The van der Waals surface area contributed by atoms with Gasteiger partial charge in [-0.15, -0.1) is 0 Å². The first-order valence-corrected chi connectivity index (χ1v) is 10.6. The Morgan fingerprint density at radius 1 is 1.23 bits per heavy atom. The molecule has 2 aromatic rings. The van der Waals surface area contributed by atoms with Crippen molar-refractivity contribution < 1.29 is 14.3 Å². The van der Waals surface area contributed by atoms with Crippen LogP contribution >= 0.6 is 0 Å². The van der Waals surface area contributed by atoms with Gasteiger partial charge in [0.1, 0.15) is 5.82 Å². The summed E-state index contributed by atoms with van der Waals surface area (Å²) in [5, 5.41) is 10.2. The van der Waals surface area contributed by atoms with E-state index in [1.807, 2.05) is 30.9 Å². The minimum absolute atomic E-state index is 0.0278. The maximum absolute atomic E-state index is 13.7. The Labute approximate surface area is 177 Å². The van der Waals surface area contributed by atoms with Crippen molar-refractivity contribution in [2.45, 2.75) is 44.3 Å². The summed E-state index contributed by atoms with van der Waals surface area (Å²) in [5.74, 6) is 0.0349. The van der Waals surface area contributed by atoms with Crippen molar-refractivity contribution in [3.05, 3.63) is 77.1 Å². The Kier molecular flexibility index (Phi) is 5.76. The molecule has 2 atom stereocenters. The van der Waals surface area contributed by atoms with Gasteiger partial charge >= 0.3 is 0 Å². The van der Waals surface area contributed by atoms with Crippen LogP contribution in [0.15, 0.2) is 54.6 Å². The first kappa shape index (κ1) is 20.8. The van der Waals surface area contributed by atoms with Crippen LogP contribution in [0.1, 0.15) is 42.9 Å². The average Bonchev–Trinajstić information content (AvgIpc) is 2.71. The minimum Gasteiger partial charge on any atom is -0.395 e. The summed E-state index contributed by atoms with van der Waals surface area (Å²) in [6.07, 6.45) is 4.56. The first-order chi connectivity index (χ1) is 14.5. The molecule has 1 amide bonds. The number of amides is 1. The van der Waals surface area contributed by atoms with Gasteiger partial charge < -0.3 is 10.0 Å². The quantitative estimate of drug-likeness (QED) is 0.791. The maximum atomic E-state index is 13.7. The van der Waals surface area contributed by atoms with Crippen molar-refractivity contribution >= 4 is 12.0 Å². The lowest BCUT2D eigenvalue weighted by molar-refractivity contribution is -0.200. The molecule has 4 nitrogen and oxygen atoms in total. The normalized spacial score (nSPS) is 22.9. The number of hydrogen-bond donors (Lipinski definition) is 1.